The van der Waals surface area contributed by atoms with Gasteiger partial charge in [-0.15, -0.1) is 0 Å². The predicted molar refractivity (Wildman–Crippen MR) is 91.1 cm³/mol. The molecule has 0 aliphatic rings. The molecule has 1 amide bonds. The molecule has 3 N–H and O–H groups in total. The maximum absolute atomic E-state index is 11.1. The van der Waals surface area contributed by atoms with E-state index < -0.39 is 0 Å². The highest BCUT2D eigenvalue weighted by Gasteiger charge is 2.15. The third-order valence-corrected chi connectivity index (χ3v) is 3.63. The Hall–Kier alpha value is -2.79. The number of nitrogens with one attached hydrogen (secondary N) is 1. The molecule has 2 aromatic carbocycles. The van der Waals surface area contributed by atoms with Gasteiger partial charge in [0, 0.05) is 18.0 Å². The molecule has 0 saturated heterocycles. The van der Waals surface area contributed by atoms with Gasteiger partial charge in [0.05, 0.1) is 17.3 Å². The zero-order valence-corrected chi connectivity index (χ0v) is 13.1. The van der Waals surface area contributed by atoms with Gasteiger partial charge in [0.25, 0.3) is 0 Å². The molecule has 0 spiro atoms. The smallest absolute Gasteiger partial charge is 0.221 e. The summed E-state index contributed by atoms with van der Waals surface area (Å²) < 4.78 is 0. The van der Waals surface area contributed by atoms with Crippen molar-refractivity contribution >= 4 is 22.5 Å². The second-order valence-electron chi connectivity index (χ2n) is 5.45. The molecule has 3 aromatic rings. The molecular formula is C18H18N4O. The number of hydrogen-bond acceptors (Lipinski definition) is 4. The fourth-order valence-corrected chi connectivity index (χ4v) is 2.59. The predicted octanol–water partition coefficient (Wildman–Crippen LogP) is 2.94. The van der Waals surface area contributed by atoms with Gasteiger partial charge in [-0.1, -0.05) is 30.3 Å². The monoisotopic (exact) mass is 306 g/mol. The molecule has 1 unspecified atom stereocenters. The lowest BCUT2D eigenvalue weighted by Crippen LogP contribution is -2.15. The van der Waals surface area contributed by atoms with E-state index in [9.17, 15) is 4.79 Å². The molecular weight excluding hydrogens is 288 g/mol. The van der Waals surface area contributed by atoms with Gasteiger partial charge in [0.1, 0.15) is 5.82 Å². The Morgan fingerprint density at radius 2 is 1.78 bits per heavy atom. The maximum Gasteiger partial charge on any atom is 0.221 e. The number of carbonyl (C=O) groups is 1. The van der Waals surface area contributed by atoms with Crippen LogP contribution in [-0.2, 0) is 4.79 Å². The Bertz CT molecular complexity index is 859. The SMILES string of the molecule is CC(=O)Nc1ccc(C(N)c2nc(C)nc3ccccc23)cc1. The van der Waals surface area contributed by atoms with Crippen LogP contribution in [0.15, 0.2) is 48.5 Å². The van der Waals surface area contributed by atoms with E-state index in [4.69, 9.17) is 5.73 Å². The largest absolute Gasteiger partial charge is 0.326 e. The molecule has 3 rings (SSSR count). The Labute approximate surface area is 134 Å². The minimum Gasteiger partial charge on any atom is -0.326 e. The van der Waals surface area contributed by atoms with Crippen LogP contribution in [0, 0.1) is 6.92 Å². The van der Waals surface area contributed by atoms with Gasteiger partial charge in [-0.2, -0.15) is 0 Å². The average molecular weight is 306 g/mol. The van der Waals surface area contributed by atoms with Gasteiger partial charge < -0.3 is 11.1 Å². The number of nitrogens with zero attached hydrogens (tertiary/aromatic N) is 2. The number of benzene rings is 2. The van der Waals surface area contributed by atoms with Crippen LogP contribution in [0.25, 0.3) is 10.9 Å². The van der Waals surface area contributed by atoms with E-state index in [2.05, 4.69) is 15.3 Å². The molecule has 1 aromatic heterocycles. The highest BCUT2D eigenvalue weighted by Crippen LogP contribution is 2.25. The van der Waals surface area contributed by atoms with Gasteiger partial charge in [-0.25, -0.2) is 9.97 Å². The maximum atomic E-state index is 11.1. The molecule has 1 heterocycles. The first kappa shape index (κ1) is 15.1. The quantitative estimate of drug-likeness (QED) is 0.779. The van der Waals surface area contributed by atoms with Crippen molar-refractivity contribution in [2.75, 3.05) is 5.32 Å². The average Bonchev–Trinajstić information content (AvgIpc) is 2.53. The van der Waals surface area contributed by atoms with Crippen LogP contribution in [0.5, 0.6) is 0 Å². The van der Waals surface area contributed by atoms with E-state index in [1.54, 1.807) is 0 Å². The van der Waals surface area contributed by atoms with Crippen molar-refractivity contribution in [3.63, 3.8) is 0 Å². The summed E-state index contributed by atoms with van der Waals surface area (Å²) in [6.07, 6.45) is 0. The Morgan fingerprint density at radius 3 is 2.48 bits per heavy atom. The number of aromatic nitrogens is 2. The van der Waals surface area contributed by atoms with Crippen molar-refractivity contribution in [1.29, 1.82) is 0 Å². The second kappa shape index (κ2) is 6.14. The van der Waals surface area contributed by atoms with E-state index in [1.165, 1.54) is 6.92 Å². The van der Waals surface area contributed by atoms with Crippen molar-refractivity contribution in [3.05, 3.63) is 65.6 Å². The minimum atomic E-state index is -0.354. The molecule has 116 valence electrons. The lowest BCUT2D eigenvalue weighted by Gasteiger charge is -2.15. The molecule has 1 atom stereocenters. The van der Waals surface area contributed by atoms with Crippen LogP contribution in [0.2, 0.25) is 0 Å². The Balaban J connectivity index is 2.00. The highest BCUT2D eigenvalue weighted by atomic mass is 16.1. The summed E-state index contributed by atoms with van der Waals surface area (Å²) in [7, 11) is 0. The van der Waals surface area contributed by atoms with Gasteiger partial charge in [-0.3, -0.25) is 4.79 Å². The number of fused-ring (bicyclic) bond motifs is 1. The van der Waals surface area contributed by atoms with Crippen LogP contribution in [0.1, 0.15) is 30.0 Å². The normalized spacial score (nSPS) is 12.1. The standard InChI is InChI=1S/C18H18N4O/c1-11-20-16-6-4-3-5-15(16)18(21-11)17(19)13-7-9-14(10-8-13)22-12(2)23/h3-10,17H,19H2,1-2H3,(H,22,23). The molecule has 0 saturated carbocycles. The number of para-hydroxylation sites is 1. The van der Waals surface area contributed by atoms with E-state index in [0.29, 0.717) is 5.82 Å². The zero-order chi connectivity index (χ0) is 16.4. The Morgan fingerprint density at radius 1 is 1.09 bits per heavy atom. The van der Waals surface area contributed by atoms with Crippen molar-refractivity contribution < 1.29 is 4.79 Å². The molecule has 0 aliphatic heterocycles. The fraction of sp³-hybridized carbons (Fsp3) is 0.167. The first-order valence-electron chi connectivity index (χ1n) is 7.41. The van der Waals surface area contributed by atoms with Crippen LogP contribution >= 0.6 is 0 Å². The molecule has 5 nitrogen and oxygen atoms in total. The molecule has 0 bridgehead atoms. The van der Waals surface area contributed by atoms with Crippen LogP contribution in [0.4, 0.5) is 5.69 Å². The zero-order valence-electron chi connectivity index (χ0n) is 13.1. The first-order valence-corrected chi connectivity index (χ1v) is 7.41. The first-order chi connectivity index (χ1) is 11.0. The lowest BCUT2D eigenvalue weighted by molar-refractivity contribution is -0.114. The third kappa shape index (κ3) is 3.19. The number of carbonyl (C=O) groups excluding carboxylic acids is 1. The van der Waals surface area contributed by atoms with Crippen molar-refractivity contribution in [2.45, 2.75) is 19.9 Å². The topological polar surface area (TPSA) is 80.9 Å². The van der Waals surface area contributed by atoms with Crippen LogP contribution in [0.3, 0.4) is 0 Å². The number of rotatable bonds is 3. The van der Waals surface area contributed by atoms with Gasteiger partial charge >= 0.3 is 0 Å². The highest BCUT2D eigenvalue weighted by molar-refractivity contribution is 5.88. The van der Waals surface area contributed by atoms with E-state index in [0.717, 1.165) is 27.8 Å². The van der Waals surface area contributed by atoms with Crippen molar-refractivity contribution in [2.24, 2.45) is 5.73 Å². The van der Waals surface area contributed by atoms with Crippen LogP contribution < -0.4 is 11.1 Å². The van der Waals surface area contributed by atoms with Gasteiger partial charge in [0.2, 0.25) is 5.91 Å². The lowest BCUT2D eigenvalue weighted by atomic mass is 10.0. The second-order valence-corrected chi connectivity index (χ2v) is 5.45. The summed E-state index contributed by atoms with van der Waals surface area (Å²) in [6.45, 7) is 3.35. The molecule has 0 radical (unpaired) electrons. The van der Waals surface area contributed by atoms with Crippen molar-refractivity contribution in [1.82, 2.24) is 9.97 Å². The van der Waals surface area contributed by atoms with Gasteiger partial charge in [0.15, 0.2) is 0 Å². The third-order valence-electron chi connectivity index (χ3n) is 3.63. The minimum absolute atomic E-state index is 0.0977. The summed E-state index contributed by atoms with van der Waals surface area (Å²) in [5.41, 5.74) is 9.80. The summed E-state index contributed by atoms with van der Waals surface area (Å²) in [5.74, 6) is 0.600. The van der Waals surface area contributed by atoms with E-state index >= 15 is 0 Å². The van der Waals surface area contributed by atoms with E-state index in [-0.39, 0.29) is 11.9 Å². The Kier molecular flexibility index (Phi) is 4.04. The molecule has 5 heteroatoms. The molecule has 23 heavy (non-hydrogen) atoms. The number of aryl methyl sites for hydroxylation is 1. The number of nitrogens with two attached hydrogens (primary N) is 1. The summed E-state index contributed by atoms with van der Waals surface area (Å²) >= 11 is 0. The number of anilines is 1. The van der Waals surface area contributed by atoms with Gasteiger partial charge in [-0.05, 0) is 30.7 Å². The number of amides is 1. The van der Waals surface area contributed by atoms with E-state index in [1.807, 2.05) is 55.5 Å². The summed E-state index contributed by atoms with van der Waals surface area (Å²) in [5, 5.41) is 3.70. The fourth-order valence-electron chi connectivity index (χ4n) is 2.59. The van der Waals surface area contributed by atoms with Crippen LogP contribution in [-0.4, -0.2) is 15.9 Å². The molecule has 0 fully saturated rings. The van der Waals surface area contributed by atoms with Crippen molar-refractivity contribution in [3.8, 4) is 0 Å². The number of hydrogen-bond donors (Lipinski definition) is 2. The summed E-state index contributed by atoms with van der Waals surface area (Å²) in [6, 6.07) is 15.0. The molecule has 0 aliphatic carbocycles. The summed E-state index contributed by atoms with van der Waals surface area (Å²) in [4.78, 5) is 20.1.